The maximum atomic E-state index is 11.8. The SMILES string of the molecule is CCCCOc1c(Br)cc(-c2cc(C(=O)O)c3cccc(C)c3n2)cc1OC. The smallest absolute Gasteiger partial charge is 0.336 e. The molecule has 28 heavy (non-hydrogen) atoms. The van der Waals surface area contributed by atoms with Crippen molar-refractivity contribution in [1.29, 1.82) is 0 Å². The number of carbonyl (C=O) groups is 1. The molecule has 0 fully saturated rings. The molecule has 2 aromatic carbocycles. The van der Waals surface area contributed by atoms with Gasteiger partial charge in [-0.05, 0) is 53.0 Å². The molecule has 1 N–H and O–H groups in total. The van der Waals surface area contributed by atoms with Crippen molar-refractivity contribution in [2.75, 3.05) is 13.7 Å². The lowest BCUT2D eigenvalue weighted by molar-refractivity contribution is 0.0699. The Hall–Kier alpha value is -2.60. The lowest BCUT2D eigenvalue weighted by atomic mass is 10.0. The van der Waals surface area contributed by atoms with Gasteiger partial charge in [0.25, 0.3) is 0 Å². The molecule has 0 saturated heterocycles. The maximum absolute atomic E-state index is 11.8. The van der Waals surface area contributed by atoms with E-state index in [0.29, 0.717) is 34.7 Å². The molecule has 0 aliphatic heterocycles. The molecule has 1 heterocycles. The minimum absolute atomic E-state index is 0.224. The summed E-state index contributed by atoms with van der Waals surface area (Å²) in [4.78, 5) is 16.5. The van der Waals surface area contributed by atoms with Gasteiger partial charge in [-0.1, -0.05) is 31.5 Å². The summed E-state index contributed by atoms with van der Waals surface area (Å²) in [5.74, 6) is 0.226. The number of benzene rings is 2. The topological polar surface area (TPSA) is 68.7 Å². The number of para-hydroxylation sites is 1. The number of rotatable bonds is 7. The number of nitrogens with zero attached hydrogens (tertiary/aromatic N) is 1. The summed E-state index contributed by atoms with van der Waals surface area (Å²) in [6, 6.07) is 10.8. The maximum Gasteiger partial charge on any atom is 0.336 e. The Morgan fingerprint density at radius 3 is 2.71 bits per heavy atom. The van der Waals surface area contributed by atoms with Gasteiger partial charge >= 0.3 is 5.97 Å². The van der Waals surface area contributed by atoms with Crippen molar-refractivity contribution in [3.05, 3.63) is 52.0 Å². The minimum Gasteiger partial charge on any atom is -0.493 e. The van der Waals surface area contributed by atoms with Gasteiger partial charge in [0.2, 0.25) is 0 Å². The second-order valence-electron chi connectivity index (χ2n) is 6.52. The van der Waals surface area contributed by atoms with Gasteiger partial charge in [0.15, 0.2) is 11.5 Å². The molecule has 0 atom stereocenters. The molecule has 0 unspecified atom stereocenters. The number of aromatic carboxylic acids is 1. The first-order chi connectivity index (χ1) is 13.5. The van der Waals surface area contributed by atoms with E-state index in [0.717, 1.165) is 28.4 Å². The third-order valence-electron chi connectivity index (χ3n) is 4.54. The van der Waals surface area contributed by atoms with E-state index in [1.807, 2.05) is 31.2 Å². The largest absolute Gasteiger partial charge is 0.493 e. The van der Waals surface area contributed by atoms with Crippen LogP contribution in [0.15, 0.2) is 40.9 Å². The van der Waals surface area contributed by atoms with Crippen LogP contribution in [-0.2, 0) is 0 Å². The molecular weight excluding hydrogens is 422 g/mol. The first-order valence-corrected chi connectivity index (χ1v) is 9.90. The molecule has 0 radical (unpaired) electrons. The van der Waals surface area contributed by atoms with Crippen molar-refractivity contribution < 1.29 is 19.4 Å². The van der Waals surface area contributed by atoms with Crippen LogP contribution in [0.1, 0.15) is 35.7 Å². The van der Waals surface area contributed by atoms with Crippen LogP contribution in [-0.4, -0.2) is 29.8 Å². The zero-order chi connectivity index (χ0) is 20.3. The molecule has 146 valence electrons. The molecule has 0 aliphatic carbocycles. The summed E-state index contributed by atoms with van der Waals surface area (Å²) in [6.45, 7) is 4.62. The van der Waals surface area contributed by atoms with Gasteiger partial charge in [0.05, 0.1) is 35.0 Å². The van der Waals surface area contributed by atoms with Crippen LogP contribution in [0.2, 0.25) is 0 Å². The highest BCUT2D eigenvalue weighted by Gasteiger charge is 2.17. The van der Waals surface area contributed by atoms with E-state index in [9.17, 15) is 9.90 Å². The highest BCUT2D eigenvalue weighted by molar-refractivity contribution is 9.10. The molecule has 0 amide bonds. The molecule has 3 aromatic rings. The van der Waals surface area contributed by atoms with E-state index in [1.165, 1.54) is 0 Å². The van der Waals surface area contributed by atoms with Crippen LogP contribution >= 0.6 is 15.9 Å². The lowest BCUT2D eigenvalue weighted by Crippen LogP contribution is -2.02. The number of methoxy groups -OCH3 is 1. The van der Waals surface area contributed by atoms with Crippen molar-refractivity contribution in [2.45, 2.75) is 26.7 Å². The summed E-state index contributed by atoms with van der Waals surface area (Å²) in [5, 5.41) is 10.3. The van der Waals surface area contributed by atoms with Crippen LogP contribution in [0, 0.1) is 6.92 Å². The van der Waals surface area contributed by atoms with E-state index in [4.69, 9.17) is 14.5 Å². The Labute approximate surface area is 172 Å². The van der Waals surface area contributed by atoms with Crippen LogP contribution in [0.5, 0.6) is 11.5 Å². The fourth-order valence-corrected chi connectivity index (χ4v) is 3.60. The second kappa shape index (κ2) is 8.61. The predicted molar refractivity (Wildman–Crippen MR) is 114 cm³/mol. The number of carboxylic acid groups (broad SMARTS) is 1. The van der Waals surface area contributed by atoms with Gasteiger partial charge in [-0.25, -0.2) is 9.78 Å². The molecule has 0 spiro atoms. The number of carboxylic acids is 1. The Morgan fingerprint density at radius 2 is 2.04 bits per heavy atom. The fraction of sp³-hybridized carbons (Fsp3) is 0.273. The van der Waals surface area contributed by atoms with Gasteiger partial charge in [-0.3, -0.25) is 0 Å². The number of halogens is 1. The van der Waals surface area contributed by atoms with Crippen LogP contribution in [0.4, 0.5) is 0 Å². The minimum atomic E-state index is -0.982. The fourth-order valence-electron chi connectivity index (χ4n) is 3.04. The quantitative estimate of drug-likeness (QED) is 0.463. The normalized spacial score (nSPS) is 10.9. The van der Waals surface area contributed by atoms with Gasteiger partial charge in [0.1, 0.15) is 0 Å². The average molecular weight is 444 g/mol. The predicted octanol–water partition coefficient (Wildman–Crippen LogP) is 5.86. The molecule has 0 bridgehead atoms. The molecular formula is C22H22BrNO4. The van der Waals surface area contributed by atoms with Crippen molar-refractivity contribution in [1.82, 2.24) is 4.98 Å². The van der Waals surface area contributed by atoms with E-state index in [2.05, 4.69) is 22.9 Å². The number of aryl methyl sites for hydroxylation is 1. The standard InChI is InChI=1S/C22H22BrNO4/c1-4-5-9-28-21-17(23)10-14(11-19(21)27-3)18-12-16(22(25)26)15-8-6-7-13(2)20(15)24-18/h6-8,10-12H,4-5,9H2,1-3H3,(H,25,26). The third-order valence-corrected chi connectivity index (χ3v) is 5.13. The van der Waals surface area contributed by atoms with Crippen molar-refractivity contribution >= 4 is 32.8 Å². The summed E-state index contributed by atoms with van der Waals surface area (Å²) in [7, 11) is 1.58. The van der Waals surface area contributed by atoms with Gasteiger partial charge in [-0.2, -0.15) is 0 Å². The lowest BCUT2D eigenvalue weighted by Gasteiger charge is -2.15. The number of ether oxygens (including phenoxy) is 2. The van der Waals surface area contributed by atoms with Crippen molar-refractivity contribution in [3.8, 4) is 22.8 Å². The number of hydrogen-bond donors (Lipinski definition) is 1. The van der Waals surface area contributed by atoms with Gasteiger partial charge in [0, 0.05) is 10.9 Å². The number of unbranched alkanes of at least 4 members (excludes halogenated alkanes) is 1. The first-order valence-electron chi connectivity index (χ1n) is 9.10. The van der Waals surface area contributed by atoms with Crippen molar-refractivity contribution in [3.63, 3.8) is 0 Å². The molecule has 3 rings (SSSR count). The molecule has 0 saturated carbocycles. The van der Waals surface area contributed by atoms with Gasteiger partial charge < -0.3 is 14.6 Å². The number of aromatic nitrogens is 1. The van der Waals surface area contributed by atoms with E-state index >= 15 is 0 Å². The molecule has 0 aliphatic rings. The zero-order valence-electron chi connectivity index (χ0n) is 16.1. The number of fused-ring (bicyclic) bond motifs is 1. The highest BCUT2D eigenvalue weighted by atomic mass is 79.9. The average Bonchev–Trinajstić information content (AvgIpc) is 2.68. The number of hydrogen-bond acceptors (Lipinski definition) is 4. The van der Waals surface area contributed by atoms with Crippen LogP contribution < -0.4 is 9.47 Å². The van der Waals surface area contributed by atoms with Gasteiger partial charge in [-0.15, -0.1) is 0 Å². The highest BCUT2D eigenvalue weighted by Crippen LogP contribution is 2.40. The number of pyridine rings is 1. The van der Waals surface area contributed by atoms with Crippen LogP contribution in [0.25, 0.3) is 22.2 Å². The zero-order valence-corrected chi connectivity index (χ0v) is 17.7. The summed E-state index contributed by atoms with van der Waals surface area (Å²) in [5.41, 5.74) is 3.14. The van der Waals surface area contributed by atoms with Crippen LogP contribution in [0.3, 0.4) is 0 Å². The molecule has 6 heteroatoms. The summed E-state index contributed by atoms with van der Waals surface area (Å²) >= 11 is 3.55. The van der Waals surface area contributed by atoms with E-state index in [-0.39, 0.29) is 5.56 Å². The Bertz CT molecular complexity index is 1030. The Kier molecular flexibility index (Phi) is 6.19. The molecule has 1 aromatic heterocycles. The summed E-state index contributed by atoms with van der Waals surface area (Å²) in [6.07, 6.45) is 1.99. The Balaban J connectivity index is 2.15. The summed E-state index contributed by atoms with van der Waals surface area (Å²) < 4.78 is 12.1. The Morgan fingerprint density at radius 1 is 1.25 bits per heavy atom. The monoisotopic (exact) mass is 443 g/mol. The molecule has 5 nitrogen and oxygen atoms in total. The van der Waals surface area contributed by atoms with E-state index in [1.54, 1.807) is 19.2 Å². The first kappa shape index (κ1) is 20.1. The third kappa shape index (κ3) is 3.97. The second-order valence-corrected chi connectivity index (χ2v) is 7.38. The van der Waals surface area contributed by atoms with Crippen molar-refractivity contribution in [2.24, 2.45) is 0 Å². The van der Waals surface area contributed by atoms with E-state index < -0.39 is 5.97 Å².